The molecule has 5 heteroatoms. The van der Waals surface area contributed by atoms with Crippen LogP contribution in [0.4, 0.5) is 11.6 Å². The molecule has 0 bridgehead atoms. The van der Waals surface area contributed by atoms with Gasteiger partial charge in [-0.05, 0) is 18.4 Å². The van der Waals surface area contributed by atoms with Crippen LogP contribution in [0.15, 0.2) is 12.4 Å². The average Bonchev–Trinajstić information content (AvgIpc) is 2.80. The predicted molar refractivity (Wildman–Crippen MR) is 79.7 cm³/mol. The van der Waals surface area contributed by atoms with Gasteiger partial charge in [-0.2, -0.15) is 0 Å². The van der Waals surface area contributed by atoms with E-state index in [1.807, 2.05) is 6.07 Å². The van der Waals surface area contributed by atoms with Gasteiger partial charge in [0.15, 0.2) is 0 Å². The van der Waals surface area contributed by atoms with E-state index in [1.54, 1.807) is 6.33 Å². The SMILES string of the molecule is CN(CC(C)(C)C)c1cc(NC2CCNC2)ncn1. The second kappa shape index (κ2) is 5.74. The summed E-state index contributed by atoms with van der Waals surface area (Å²) < 4.78 is 0. The molecular weight excluding hydrogens is 238 g/mol. The standard InChI is InChI=1S/C14H25N5/c1-14(2,3)9-19(4)13-7-12(16-10-17-13)18-11-5-6-15-8-11/h7,10-11,15H,5-6,8-9H2,1-4H3,(H,16,17,18). The fourth-order valence-electron chi connectivity index (χ4n) is 2.41. The lowest BCUT2D eigenvalue weighted by Gasteiger charge is -2.27. The molecule has 0 aliphatic carbocycles. The molecule has 1 saturated heterocycles. The first kappa shape index (κ1) is 14.1. The van der Waals surface area contributed by atoms with Gasteiger partial charge in [-0.25, -0.2) is 9.97 Å². The molecule has 2 N–H and O–H groups in total. The fourth-order valence-corrected chi connectivity index (χ4v) is 2.41. The Hall–Kier alpha value is -1.36. The van der Waals surface area contributed by atoms with Crippen molar-refractivity contribution < 1.29 is 0 Å². The Kier molecular flexibility index (Phi) is 4.24. The van der Waals surface area contributed by atoms with E-state index in [2.05, 4.69) is 53.3 Å². The molecule has 1 aliphatic rings. The molecule has 1 aliphatic heterocycles. The number of rotatable bonds is 4. The molecule has 0 aromatic carbocycles. The van der Waals surface area contributed by atoms with Crippen LogP contribution in [-0.4, -0.2) is 42.7 Å². The molecule has 0 spiro atoms. The van der Waals surface area contributed by atoms with Gasteiger partial charge in [0.25, 0.3) is 0 Å². The van der Waals surface area contributed by atoms with Gasteiger partial charge in [-0.1, -0.05) is 20.8 Å². The summed E-state index contributed by atoms with van der Waals surface area (Å²) in [6.45, 7) is 9.75. The van der Waals surface area contributed by atoms with Gasteiger partial charge in [0.05, 0.1) is 0 Å². The third-order valence-electron chi connectivity index (χ3n) is 3.17. The predicted octanol–water partition coefficient (Wildman–Crippen LogP) is 1.73. The van der Waals surface area contributed by atoms with Crippen LogP contribution < -0.4 is 15.5 Å². The minimum Gasteiger partial charge on any atom is -0.366 e. The highest BCUT2D eigenvalue weighted by Crippen LogP contribution is 2.20. The monoisotopic (exact) mass is 263 g/mol. The Labute approximate surface area is 115 Å². The summed E-state index contributed by atoms with van der Waals surface area (Å²) in [6, 6.07) is 2.51. The summed E-state index contributed by atoms with van der Waals surface area (Å²) in [4.78, 5) is 10.8. The van der Waals surface area contributed by atoms with E-state index in [9.17, 15) is 0 Å². The van der Waals surface area contributed by atoms with Gasteiger partial charge in [0.1, 0.15) is 18.0 Å². The van der Waals surface area contributed by atoms with Crippen molar-refractivity contribution in [3.05, 3.63) is 12.4 Å². The van der Waals surface area contributed by atoms with Crippen molar-refractivity contribution >= 4 is 11.6 Å². The summed E-state index contributed by atoms with van der Waals surface area (Å²) in [5, 5.41) is 6.80. The average molecular weight is 263 g/mol. The third kappa shape index (κ3) is 4.35. The van der Waals surface area contributed by atoms with E-state index in [-0.39, 0.29) is 5.41 Å². The maximum atomic E-state index is 4.36. The number of aromatic nitrogens is 2. The quantitative estimate of drug-likeness (QED) is 0.866. The molecule has 0 saturated carbocycles. The smallest absolute Gasteiger partial charge is 0.133 e. The van der Waals surface area contributed by atoms with Crippen LogP contribution in [0.1, 0.15) is 27.2 Å². The summed E-state index contributed by atoms with van der Waals surface area (Å²) in [5.74, 6) is 1.89. The van der Waals surface area contributed by atoms with Crippen LogP contribution in [0.2, 0.25) is 0 Å². The molecule has 1 aromatic heterocycles. The van der Waals surface area contributed by atoms with Crippen molar-refractivity contribution in [1.29, 1.82) is 0 Å². The zero-order chi connectivity index (χ0) is 13.9. The van der Waals surface area contributed by atoms with Crippen LogP contribution in [-0.2, 0) is 0 Å². The van der Waals surface area contributed by atoms with Crippen LogP contribution in [0.3, 0.4) is 0 Å². The highest BCUT2D eigenvalue weighted by molar-refractivity contribution is 5.48. The zero-order valence-corrected chi connectivity index (χ0v) is 12.4. The number of hydrogen-bond acceptors (Lipinski definition) is 5. The van der Waals surface area contributed by atoms with Crippen LogP contribution in [0.5, 0.6) is 0 Å². The lowest BCUT2D eigenvalue weighted by Crippen LogP contribution is -2.30. The Morgan fingerprint density at radius 2 is 2.21 bits per heavy atom. The van der Waals surface area contributed by atoms with Crippen molar-refractivity contribution in [2.75, 3.05) is 36.9 Å². The summed E-state index contributed by atoms with van der Waals surface area (Å²) in [5.41, 5.74) is 0.253. The molecule has 5 nitrogen and oxygen atoms in total. The van der Waals surface area contributed by atoms with E-state index >= 15 is 0 Å². The van der Waals surface area contributed by atoms with Gasteiger partial charge >= 0.3 is 0 Å². The molecule has 1 fully saturated rings. The van der Waals surface area contributed by atoms with Gasteiger partial charge < -0.3 is 15.5 Å². The Morgan fingerprint density at radius 3 is 2.84 bits per heavy atom. The minimum absolute atomic E-state index is 0.253. The normalized spacial score (nSPS) is 19.5. The van der Waals surface area contributed by atoms with E-state index < -0.39 is 0 Å². The zero-order valence-electron chi connectivity index (χ0n) is 12.4. The molecule has 0 radical (unpaired) electrons. The third-order valence-corrected chi connectivity index (χ3v) is 3.17. The molecule has 2 heterocycles. The summed E-state index contributed by atoms with van der Waals surface area (Å²) >= 11 is 0. The maximum Gasteiger partial charge on any atom is 0.133 e. The maximum absolute atomic E-state index is 4.36. The summed E-state index contributed by atoms with van der Waals surface area (Å²) in [6.07, 6.45) is 2.79. The van der Waals surface area contributed by atoms with E-state index in [4.69, 9.17) is 0 Å². The lowest BCUT2D eigenvalue weighted by atomic mass is 9.96. The van der Waals surface area contributed by atoms with E-state index in [0.717, 1.165) is 37.7 Å². The van der Waals surface area contributed by atoms with Crippen molar-refractivity contribution in [3.8, 4) is 0 Å². The van der Waals surface area contributed by atoms with E-state index in [0.29, 0.717) is 6.04 Å². The minimum atomic E-state index is 0.253. The molecule has 1 aromatic rings. The molecule has 106 valence electrons. The van der Waals surface area contributed by atoms with Gasteiger partial charge in [-0.15, -0.1) is 0 Å². The van der Waals surface area contributed by atoms with Crippen LogP contribution in [0.25, 0.3) is 0 Å². The second-order valence-electron chi connectivity index (χ2n) is 6.51. The molecule has 1 atom stereocenters. The van der Waals surface area contributed by atoms with Crippen molar-refractivity contribution in [2.45, 2.75) is 33.2 Å². The highest BCUT2D eigenvalue weighted by atomic mass is 15.2. The van der Waals surface area contributed by atoms with Crippen LogP contribution >= 0.6 is 0 Å². The lowest BCUT2D eigenvalue weighted by molar-refractivity contribution is 0.418. The number of hydrogen-bond donors (Lipinski definition) is 2. The number of nitrogens with one attached hydrogen (secondary N) is 2. The van der Waals surface area contributed by atoms with Crippen molar-refractivity contribution in [1.82, 2.24) is 15.3 Å². The van der Waals surface area contributed by atoms with Crippen molar-refractivity contribution in [3.63, 3.8) is 0 Å². The molecular formula is C14H25N5. The second-order valence-corrected chi connectivity index (χ2v) is 6.51. The van der Waals surface area contributed by atoms with E-state index in [1.165, 1.54) is 0 Å². The van der Waals surface area contributed by atoms with Crippen molar-refractivity contribution in [2.24, 2.45) is 5.41 Å². The molecule has 19 heavy (non-hydrogen) atoms. The summed E-state index contributed by atoms with van der Waals surface area (Å²) in [7, 11) is 2.08. The number of nitrogens with zero attached hydrogens (tertiary/aromatic N) is 3. The first-order valence-electron chi connectivity index (χ1n) is 6.94. The number of anilines is 2. The highest BCUT2D eigenvalue weighted by Gasteiger charge is 2.17. The van der Waals surface area contributed by atoms with Gasteiger partial charge in [-0.3, -0.25) is 0 Å². The Morgan fingerprint density at radius 1 is 1.42 bits per heavy atom. The van der Waals surface area contributed by atoms with Gasteiger partial charge in [0.2, 0.25) is 0 Å². The fraction of sp³-hybridized carbons (Fsp3) is 0.714. The Balaban J connectivity index is 2.01. The first-order valence-corrected chi connectivity index (χ1v) is 6.94. The largest absolute Gasteiger partial charge is 0.366 e. The van der Waals surface area contributed by atoms with Gasteiger partial charge in [0, 0.05) is 32.2 Å². The molecule has 1 unspecified atom stereocenters. The van der Waals surface area contributed by atoms with Crippen LogP contribution in [0, 0.1) is 5.41 Å². The molecule has 2 rings (SSSR count). The topological polar surface area (TPSA) is 53.1 Å². The molecule has 0 amide bonds. The Bertz CT molecular complexity index is 407. The first-order chi connectivity index (χ1) is 8.94.